The Labute approximate surface area is 132 Å². The molecule has 0 aliphatic rings. The quantitative estimate of drug-likeness (QED) is 0.587. The maximum atomic E-state index is 10.7. The van der Waals surface area contributed by atoms with Gasteiger partial charge in [0.05, 0.1) is 5.92 Å². The molecule has 2 heteroatoms. The molecule has 0 aliphatic carbocycles. The molecule has 0 unspecified atom stereocenters. The lowest BCUT2D eigenvalue weighted by molar-refractivity contribution is -0.107. The van der Waals surface area contributed by atoms with Gasteiger partial charge in [0.2, 0.25) is 0 Å². The summed E-state index contributed by atoms with van der Waals surface area (Å²) in [6.07, 6.45) is 1.34. The Hall–Kier alpha value is -2.53. The molecule has 2 aromatic carbocycles. The van der Waals surface area contributed by atoms with E-state index in [0.29, 0.717) is 13.0 Å². The molecule has 0 fully saturated rings. The van der Waals surface area contributed by atoms with Gasteiger partial charge < -0.3 is 9.53 Å². The third-order valence-corrected chi connectivity index (χ3v) is 3.59. The number of carbonyl (C=O) groups excluding carboxylic acids is 1. The number of hydrogen-bond donors (Lipinski definition) is 0. The van der Waals surface area contributed by atoms with Crippen molar-refractivity contribution in [3.8, 4) is 17.6 Å². The Morgan fingerprint density at radius 3 is 2.50 bits per heavy atom. The van der Waals surface area contributed by atoms with Gasteiger partial charge in [0, 0.05) is 6.42 Å². The fraction of sp³-hybridized carbons (Fsp3) is 0.250. The Morgan fingerprint density at radius 1 is 1.14 bits per heavy atom. The fourth-order valence-electron chi connectivity index (χ4n) is 2.28. The maximum absolute atomic E-state index is 10.7. The number of hydrogen-bond acceptors (Lipinski definition) is 2. The smallest absolute Gasteiger partial charge is 0.121 e. The summed E-state index contributed by atoms with van der Waals surface area (Å²) >= 11 is 0. The molecule has 22 heavy (non-hydrogen) atoms. The molecular weight excluding hydrogens is 272 g/mol. The summed E-state index contributed by atoms with van der Waals surface area (Å²) in [5.41, 5.74) is 3.45. The molecule has 0 N–H and O–H groups in total. The highest BCUT2D eigenvalue weighted by Gasteiger charge is 2.08. The Balaban J connectivity index is 2.03. The zero-order valence-electron chi connectivity index (χ0n) is 13.0. The largest absolute Gasteiger partial charge is 0.489 e. The van der Waals surface area contributed by atoms with Crippen LogP contribution in [0.1, 0.15) is 36.0 Å². The number of carbonyl (C=O) groups is 1. The van der Waals surface area contributed by atoms with Crippen LogP contribution in [0.2, 0.25) is 0 Å². The molecule has 112 valence electrons. The predicted molar refractivity (Wildman–Crippen MR) is 88.8 cm³/mol. The van der Waals surface area contributed by atoms with Gasteiger partial charge in [-0.05, 0) is 42.7 Å². The van der Waals surface area contributed by atoms with E-state index in [1.165, 1.54) is 11.1 Å². The highest BCUT2D eigenvalue weighted by Crippen LogP contribution is 2.22. The molecule has 0 spiro atoms. The number of aryl methyl sites for hydroxylation is 1. The first-order chi connectivity index (χ1) is 10.7. The molecule has 2 aromatic rings. The van der Waals surface area contributed by atoms with Crippen LogP contribution >= 0.6 is 0 Å². The first kappa shape index (κ1) is 15.9. The molecule has 0 saturated heterocycles. The van der Waals surface area contributed by atoms with E-state index < -0.39 is 0 Å². The topological polar surface area (TPSA) is 26.3 Å². The summed E-state index contributed by atoms with van der Waals surface area (Å²) in [5.74, 6) is 6.73. The van der Waals surface area contributed by atoms with E-state index in [0.717, 1.165) is 17.6 Å². The SMILES string of the molecule is CC#C[C@@H](CC=O)c1ccc(OCc2ccccc2C)cc1. The summed E-state index contributed by atoms with van der Waals surface area (Å²) in [6.45, 7) is 4.42. The molecular formula is C20H20O2. The fourth-order valence-corrected chi connectivity index (χ4v) is 2.28. The summed E-state index contributed by atoms with van der Waals surface area (Å²) in [5, 5.41) is 0. The average molecular weight is 292 g/mol. The van der Waals surface area contributed by atoms with E-state index >= 15 is 0 Å². The third-order valence-electron chi connectivity index (χ3n) is 3.59. The highest BCUT2D eigenvalue weighted by molar-refractivity contribution is 5.53. The van der Waals surface area contributed by atoms with Crippen molar-refractivity contribution < 1.29 is 9.53 Å². The molecule has 1 atom stereocenters. The van der Waals surface area contributed by atoms with Crippen LogP contribution in [0.3, 0.4) is 0 Å². The number of rotatable bonds is 6. The third kappa shape index (κ3) is 4.23. The van der Waals surface area contributed by atoms with Crippen molar-refractivity contribution in [3.63, 3.8) is 0 Å². The Bertz CT molecular complexity index is 675. The standard InChI is InChI=1S/C20H20O2/c1-3-6-17(13-14-21)18-9-11-20(12-10-18)22-15-19-8-5-4-7-16(19)2/h4-5,7-12,14,17H,13,15H2,1-2H3/t17-/m0/s1. The zero-order valence-corrected chi connectivity index (χ0v) is 13.0. The molecule has 2 rings (SSSR count). The van der Waals surface area contributed by atoms with Crippen LogP contribution < -0.4 is 4.74 Å². The van der Waals surface area contributed by atoms with Crippen molar-refractivity contribution in [1.82, 2.24) is 0 Å². The first-order valence-corrected chi connectivity index (χ1v) is 7.37. The summed E-state index contributed by atoms with van der Waals surface area (Å²) in [4.78, 5) is 10.7. The van der Waals surface area contributed by atoms with Crippen LogP contribution in [0.5, 0.6) is 5.75 Å². The number of aldehydes is 1. The zero-order chi connectivity index (χ0) is 15.8. The second-order valence-electron chi connectivity index (χ2n) is 5.13. The van der Waals surface area contributed by atoms with Gasteiger partial charge in [-0.15, -0.1) is 5.92 Å². The van der Waals surface area contributed by atoms with Crippen LogP contribution in [0.15, 0.2) is 48.5 Å². The van der Waals surface area contributed by atoms with Crippen molar-refractivity contribution in [1.29, 1.82) is 0 Å². The maximum Gasteiger partial charge on any atom is 0.121 e. The van der Waals surface area contributed by atoms with Crippen LogP contribution in [0.4, 0.5) is 0 Å². The van der Waals surface area contributed by atoms with Gasteiger partial charge in [0.15, 0.2) is 0 Å². The van der Waals surface area contributed by atoms with Crippen LogP contribution in [-0.4, -0.2) is 6.29 Å². The lowest BCUT2D eigenvalue weighted by Gasteiger charge is -2.11. The molecule has 2 nitrogen and oxygen atoms in total. The van der Waals surface area contributed by atoms with Gasteiger partial charge in [-0.3, -0.25) is 0 Å². The molecule has 0 radical (unpaired) electrons. The second kappa shape index (κ2) is 8.05. The summed E-state index contributed by atoms with van der Waals surface area (Å²) in [6, 6.07) is 16.0. The lowest BCUT2D eigenvalue weighted by atomic mass is 9.97. The van der Waals surface area contributed by atoms with Gasteiger partial charge in [-0.25, -0.2) is 0 Å². The van der Waals surface area contributed by atoms with Gasteiger partial charge >= 0.3 is 0 Å². The van der Waals surface area contributed by atoms with Crippen molar-refractivity contribution in [3.05, 3.63) is 65.2 Å². The predicted octanol–water partition coefficient (Wildman–Crippen LogP) is 4.27. The molecule has 0 heterocycles. The summed E-state index contributed by atoms with van der Waals surface area (Å²) in [7, 11) is 0. The van der Waals surface area contributed by atoms with Crippen LogP contribution in [-0.2, 0) is 11.4 Å². The van der Waals surface area contributed by atoms with E-state index in [1.807, 2.05) is 36.4 Å². The Kier molecular flexibility index (Phi) is 5.80. The second-order valence-corrected chi connectivity index (χ2v) is 5.13. The van der Waals surface area contributed by atoms with E-state index in [1.54, 1.807) is 6.92 Å². The molecule has 0 aliphatic heterocycles. The van der Waals surface area contributed by atoms with Crippen LogP contribution in [0, 0.1) is 18.8 Å². The summed E-state index contributed by atoms with van der Waals surface area (Å²) < 4.78 is 5.82. The lowest BCUT2D eigenvalue weighted by Crippen LogP contribution is -1.99. The molecule has 0 saturated carbocycles. The minimum Gasteiger partial charge on any atom is -0.489 e. The molecule has 0 aromatic heterocycles. The van der Waals surface area contributed by atoms with Crippen molar-refractivity contribution >= 4 is 6.29 Å². The minimum absolute atomic E-state index is 0.0343. The number of ether oxygens (including phenoxy) is 1. The molecule has 0 bridgehead atoms. The van der Waals surface area contributed by atoms with Crippen molar-refractivity contribution in [2.75, 3.05) is 0 Å². The van der Waals surface area contributed by atoms with E-state index in [4.69, 9.17) is 4.74 Å². The van der Waals surface area contributed by atoms with Gasteiger partial charge in [-0.2, -0.15) is 0 Å². The van der Waals surface area contributed by atoms with Crippen molar-refractivity contribution in [2.24, 2.45) is 0 Å². The average Bonchev–Trinajstić information content (AvgIpc) is 2.54. The Morgan fingerprint density at radius 2 is 1.86 bits per heavy atom. The number of benzene rings is 2. The molecule has 0 amide bonds. The monoisotopic (exact) mass is 292 g/mol. The minimum atomic E-state index is -0.0343. The van der Waals surface area contributed by atoms with Crippen LogP contribution in [0.25, 0.3) is 0 Å². The first-order valence-electron chi connectivity index (χ1n) is 7.37. The normalized spacial score (nSPS) is 11.2. The van der Waals surface area contributed by atoms with Crippen molar-refractivity contribution in [2.45, 2.75) is 32.8 Å². The van der Waals surface area contributed by atoms with E-state index in [-0.39, 0.29) is 5.92 Å². The van der Waals surface area contributed by atoms with Gasteiger partial charge in [0.1, 0.15) is 18.6 Å². The van der Waals surface area contributed by atoms with Gasteiger partial charge in [0.25, 0.3) is 0 Å². The van der Waals surface area contributed by atoms with Gasteiger partial charge in [-0.1, -0.05) is 42.3 Å². The van der Waals surface area contributed by atoms with E-state index in [2.05, 4.69) is 30.9 Å². The van der Waals surface area contributed by atoms with E-state index in [9.17, 15) is 4.79 Å². The highest BCUT2D eigenvalue weighted by atomic mass is 16.5.